The number of amides is 2. The van der Waals surface area contributed by atoms with Crippen LogP contribution in [0.1, 0.15) is 5.56 Å². The van der Waals surface area contributed by atoms with E-state index in [0.717, 1.165) is 10.0 Å². The maximum Gasteiger partial charge on any atom is 0.244 e. The molecule has 5 heteroatoms. The van der Waals surface area contributed by atoms with E-state index in [2.05, 4.69) is 21.2 Å². The molecule has 1 rings (SSSR count). The average molecular weight is 311 g/mol. The monoisotopic (exact) mass is 310 g/mol. The summed E-state index contributed by atoms with van der Waals surface area (Å²) in [6.45, 7) is 0.00859. The van der Waals surface area contributed by atoms with Crippen LogP contribution in [0.3, 0.4) is 0 Å². The summed E-state index contributed by atoms with van der Waals surface area (Å²) in [4.78, 5) is 24.1. The standard InChI is InChI=1S/C13H15BrN2O2/c1-16(2)13(18)9-15-12(17)7-6-10-4-3-5-11(14)8-10/h3-8H,9H2,1-2H3,(H,15,17)/b7-6+. The van der Waals surface area contributed by atoms with Gasteiger partial charge in [0.25, 0.3) is 0 Å². The second kappa shape index (κ2) is 6.96. The smallest absolute Gasteiger partial charge is 0.244 e. The molecule has 96 valence electrons. The molecule has 1 N–H and O–H groups in total. The number of likely N-dealkylation sites (N-methyl/N-ethyl adjacent to an activating group) is 1. The van der Waals surface area contributed by atoms with Crippen molar-refractivity contribution in [2.24, 2.45) is 0 Å². The lowest BCUT2D eigenvalue weighted by Crippen LogP contribution is -2.35. The van der Waals surface area contributed by atoms with Crippen LogP contribution in [0.4, 0.5) is 0 Å². The zero-order valence-electron chi connectivity index (χ0n) is 10.3. The van der Waals surface area contributed by atoms with Crippen LogP contribution in [0.5, 0.6) is 0 Å². The Morgan fingerprint density at radius 1 is 1.39 bits per heavy atom. The van der Waals surface area contributed by atoms with Gasteiger partial charge < -0.3 is 10.2 Å². The molecular formula is C13H15BrN2O2. The van der Waals surface area contributed by atoms with E-state index >= 15 is 0 Å². The second-order valence-corrected chi connectivity index (χ2v) is 4.81. The highest BCUT2D eigenvalue weighted by molar-refractivity contribution is 9.10. The molecule has 4 nitrogen and oxygen atoms in total. The molecule has 0 aliphatic rings. The first kappa shape index (κ1) is 14.4. The first-order chi connectivity index (χ1) is 8.49. The first-order valence-corrected chi connectivity index (χ1v) is 6.20. The molecule has 0 saturated carbocycles. The van der Waals surface area contributed by atoms with Gasteiger partial charge in [0.05, 0.1) is 6.54 Å². The average Bonchev–Trinajstić information content (AvgIpc) is 2.33. The predicted octanol–water partition coefficient (Wildman–Crippen LogP) is 1.67. The summed E-state index contributed by atoms with van der Waals surface area (Å²) >= 11 is 3.35. The Kier molecular flexibility index (Phi) is 5.58. The zero-order chi connectivity index (χ0) is 13.5. The summed E-state index contributed by atoms with van der Waals surface area (Å²) in [5.41, 5.74) is 0.915. The van der Waals surface area contributed by atoms with E-state index in [1.54, 1.807) is 20.2 Å². The summed E-state index contributed by atoms with van der Waals surface area (Å²) in [5.74, 6) is -0.426. The van der Waals surface area contributed by atoms with Crippen LogP contribution in [0, 0.1) is 0 Å². The molecule has 1 aromatic carbocycles. The van der Waals surface area contributed by atoms with Gasteiger partial charge in [-0.3, -0.25) is 9.59 Å². The van der Waals surface area contributed by atoms with Crippen molar-refractivity contribution in [1.82, 2.24) is 10.2 Å². The van der Waals surface area contributed by atoms with Crippen LogP contribution in [0.25, 0.3) is 6.08 Å². The van der Waals surface area contributed by atoms with Crippen molar-refractivity contribution < 1.29 is 9.59 Å². The minimum atomic E-state index is -0.287. The molecule has 0 aliphatic carbocycles. The molecule has 0 unspecified atom stereocenters. The number of benzene rings is 1. The number of carbonyl (C=O) groups excluding carboxylic acids is 2. The molecule has 0 atom stereocenters. The van der Waals surface area contributed by atoms with Crippen LogP contribution in [-0.4, -0.2) is 37.4 Å². The summed E-state index contributed by atoms with van der Waals surface area (Å²) < 4.78 is 0.952. The number of hydrogen-bond donors (Lipinski definition) is 1. The van der Waals surface area contributed by atoms with E-state index in [1.807, 2.05) is 24.3 Å². The fourth-order valence-electron chi connectivity index (χ4n) is 1.16. The fraction of sp³-hybridized carbons (Fsp3) is 0.231. The Morgan fingerprint density at radius 3 is 2.72 bits per heavy atom. The molecule has 0 radical (unpaired) electrons. The van der Waals surface area contributed by atoms with Gasteiger partial charge in [0.2, 0.25) is 11.8 Å². The number of nitrogens with one attached hydrogen (secondary N) is 1. The van der Waals surface area contributed by atoms with Crippen molar-refractivity contribution in [2.75, 3.05) is 20.6 Å². The van der Waals surface area contributed by atoms with E-state index in [9.17, 15) is 9.59 Å². The van der Waals surface area contributed by atoms with E-state index in [4.69, 9.17) is 0 Å². The molecule has 0 saturated heterocycles. The highest BCUT2D eigenvalue weighted by Gasteiger charge is 2.04. The number of rotatable bonds is 4. The van der Waals surface area contributed by atoms with Crippen molar-refractivity contribution in [3.63, 3.8) is 0 Å². The van der Waals surface area contributed by atoms with Crippen LogP contribution in [0.15, 0.2) is 34.8 Å². The summed E-state index contributed by atoms with van der Waals surface area (Å²) in [6.07, 6.45) is 3.10. The minimum absolute atomic E-state index is 0.00859. The molecule has 2 amide bonds. The number of halogens is 1. The maximum atomic E-state index is 11.4. The lowest BCUT2D eigenvalue weighted by Gasteiger charge is -2.09. The minimum Gasteiger partial charge on any atom is -0.347 e. The third-order valence-electron chi connectivity index (χ3n) is 2.19. The first-order valence-electron chi connectivity index (χ1n) is 5.40. The van der Waals surface area contributed by atoms with Gasteiger partial charge in [-0.15, -0.1) is 0 Å². The summed E-state index contributed by atoms with van der Waals surface area (Å²) in [6, 6.07) is 7.58. The van der Waals surface area contributed by atoms with Gasteiger partial charge in [0.15, 0.2) is 0 Å². The van der Waals surface area contributed by atoms with Gasteiger partial charge in [-0.25, -0.2) is 0 Å². The van der Waals surface area contributed by atoms with Crippen LogP contribution in [0.2, 0.25) is 0 Å². The third-order valence-corrected chi connectivity index (χ3v) is 2.68. The van der Waals surface area contributed by atoms with Gasteiger partial charge in [-0.1, -0.05) is 28.1 Å². The van der Waals surface area contributed by atoms with Crippen molar-refractivity contribution in [1.29, 1.82) is 0 Å². The highest BCUT2D eigenvalue weighted by Crippen LogP contribution is 2.12. The molecule has 0 bridgehead atoms. The van der Waals surface area contributed by atoms with E-state index in [1.165, 1.54) is 11.0 Å². The molecule has 0 aromatic heterocycles. The Labute approximate surface area is 115 Å². The maximum absolute atomic E-state index is 11.4. The van der Waals surface area contributed by atoms with Crippen molar-refractivity contribution >= 4 is 33.8 Å². The molecule has 0 fully saturated rings. The van der Waals surface area contributed by atoms with Gasteiger partial charge in [0, 0.05) is 24.6 Å². The van der Waals surface area contributed by atoms with Gasteiger partial charge in [-0.05, 0) is 23.8 Å². The lowest BCUT2D eigenvalue weighted by molar-refractivity contribution is -0.129. The third kappa shape index (κ3) is 5.14. The van der Waals surface area contributed by atoms with Gasteiger partial charge in [-0.2, -0.15) is 0 Å². The van der Waals surface area contributed by atoms with E-state index in [-0.39, 0.29) is 18.4 Å². The van der Waals surface area contributed by atoms with E-state index < -0.39 is 0 Å². The van der Waals surface area contributed by atoms with Crippen molar-refractivity contribution in [2.45, 2.75) is 0 Å². The number of hydrogen-bond acceptors (Lipinski definition) is 2. The van der Waals surface area contributed by atoms with Crippen molar-refractivity contribution in [3.8, 4) is 0 Å². The molecule has 0 aliphatic heterocycles. The van der Waals surface area contributed by atoms with Gasteiger partial charge in [0.1, 0.15) is 0 Å². The van der Waals surface area contributed by atoms with Crippen molar-refractivity contribution in [3.05, 3.63) is 40.4 Å². The Morgan fingerprint density at radius 2 is 2.11 bits per heavy atom. The molecule has 18 heavy (non-hydrogen) atoms. The quantitative estimate of drug-likeness (QED) is 0.860. The Hall–Kier alpha value is -1.62. The zero-order valence-corrected chi connectivity index (χ0v) is 11.9. The normalized spacial score (nSPS) is 10.4. The summed E-state index contributed by atoms with van der Waals surface area (Å²) in [5, 5.41) is 2.52. The second-order valence-electron chi connectivity index (χ2n) is 3.89. The largest absolute Gasteiger partial charge is 0.347 e. The molecule has 0 heterocycles. The number of carbonyl (C=O) groups is 2. The van der Waals surface area contributed by atoms with Crippen LogP contribution in [-0.2, 0) is 9.59 Å². The fourth-order valence-corrected chi connectivity index (χ4v) is 1.58. The van der Waals surface area contributed by atoms with Crippen LogP contribution < -0.4 is 5.32 Å². The molecular weight excluding hydrogens is 296 g/mol. The Balaban J connectivity index is 2.47. The lowest BCUT2D eigenvalue weighted by atomic mass is 10.2. The van der Waals surface area contributed by atoms with Gasteiger partial charge >= 0.3 is 0 Å². The predicted molar refractivity (Wildman–Crippen MR) is 74.9 cm³/mol. The van der Waals surface area contributed by atoms with Crippen LogP contribution >= 0.6 is 15.9 Å². The van der Waals surface area contributed by atoms with E-state index in [0.29, 0.717) is 0 Å². The number of nitrogens with zero attached hydrogens (tertiary/aromatic N) is 1. The topological polar surface area (TPSA) is 49.4 Å². The highest BCUT2D eigenvalue weighted by atomic mass is 79.9. The SMILES string of the molecule is CN(C)C(=O)CNC(=O)/C=C/c1cccc(Br)c1. The molecule has 1 aromatic rings. The molecule has 0 spiro atoms. The summed E-state index contributed by atoms with van der Waals surface area (Å²) in [7, 11) is 3.29. The Bertz CT molecular complexity index is 470.